The summed E-state index contributed by atoms with van der Waals surface area (Å²) in [6.45, 7) is 7.01. The summed E-state index contributed by atoms with van der Waals surface area (Å²) in [4.78, 5) is 27.7. The third-order valence-corrected chi connectivity index (χ3v) is 5.99. The number of amides is 2. The van der Waals surface area contributed by atoms with Crippen molar-refractivity contribution in [3.05, 3.63) is 65.2 Å². The van der Waals surface area contributed by atoms with E-state index in [2.05, 4.69) is 30.4 Å². The predicted octanol–water partition coefficient (Wildman–Crippen LogP) is 4.57. The van der Waals surface area contributed by atoms with Crippen LogP contribution in [0.15, 0.2) is 48.5 Å². The van der Waals surface area contributed by atoms with Crippen LogP contribution in [0.4, 0.5) is 0 Å². The molecule has 0 fully saturated rings. The number of nitrogens with zero attached hydrogens (tertiary/aromatic N) is 1. The number of methoxy groups -OCH3 is 1. The molecular weight excluding hydrogens is 408 g/mol. The van der Waals surface area contributed by atoms with E-state index in [-0.39, 0.29) is 11.8 Å². The van der Waals surface area contributed by atoms with Gasteiger partial charge in [0, 0.05) is 18.8 Å². The summed E-state index contributed by atoms with van der Waals surface area (Å²) >= 11 is 1.58. The van der Waals surface area contributed by atoms with E-state index in [1.807, 2.05) is 44.2 Å². The van der Waals surface area contributed by atoms with Crippen molar-refractivity contribution in [1.82, 2.24) is 10.2 Å². The number of ether oxygens (including phenoxy) is 1. The number of rotatable bonds is 12. The monoisotopic (exact) mass is 442 g/mol. The SMILES string of the molecule is CCCNC(=O)C(CC)N(Cc1cccc(OC)c1)C(=O)CSCc1cccc(C)c1. The van der Waals surface area contributed by atoms with E-state index in [9.17, 15) is 9.59 Å². The van der Waals surface area contributed by atoms with Crippen LogP contribution in [0.5, 0.6) is 5.75 Å². The zero-order valence-corrected chi connectivity index (χ0v) is 19.8. The van der Waals surface area contributed by atoms with Gasteiger partial charge in [0.05, 0.1) is 12.9 Å². The summed E-state index contributed by atoms with van der Waals surface area (Å²) in [7, 11) is 1.62. The molecule has 0 aliphatic carbocycles. The van der Waals surface area contributed by atoms with Gasteiger partial charge in [0.25, 0.3) is 0 Å². The summed E-state index contributed by atoms with van der Waals surface area (Å²) in [5.74, 6) is 1.71. The Kier molecular flexibility index (Phi) is 10.4. The van der Waals surface area contributed by atoms with Crippen LogP contribution in [0.3, 0.4) is 0 Å². The minimum Gasteiger partial charge on any atom is -0.497 e. The first-order valence-electron chi connectivity index (χ1n) is 10.8. The number of hydrogen-bond acceptors (Lipinski definition) is 4. The van der Waals surface area contributed by atoms with Gasteiger partial charge in [-0.2, -0.15) is 0 Å². The summed E-state index contributed by atoms with van der Waals surface area (Å²) in [5.41, 5.74) is 3.35. The molecule has 1 unspecified atom stereocenters. The first-order chi connectivity index (χ1) is 15.0. The van der Waals surface area contributed by atoms with Crippen LogP contribution in [-0.4, -0.2) is 42.2 Å². The molecule has 0 bridgehead atoms. The standard InChI is InChI=1S/C25H34N2O3S/c1-5-13-26-25(29)23(6-2)27(16-20-10-8-12-22(15-20)30-4)24(28)18-31-17-21-11-7-9-19(3)14-21/h7-12,14-15,23H,5-6,13,16-18H2,1-4H3,(H,26,29). The Hall–Kier alpha value is -2.47. The van der Waals surface area contributed by atoms with Gasteiger partial charge in [-0.15, -0.1) is 11.8 Å². The average Bonchev–Trinajstić information content (AvgIpc) is 2.77. The quantitative estimate of drug-likeness (QED) is 0.523. The number of nitrogens with one attached hydrogen (secondary N) is 1. The molecule has 31 heavy (non-hydrogen) atoms. The van der Waals surface area contributed by atoms with Crippen LogP contribution >= 0.6 is 11.8 Å². The highest BCUT2D eigenvalue weighted by Gasteiger charge is 2.28. The van der Waals surface area contributed by atoms with Crippen molar-refractivity contribution < 1.29 is 14.3 Å². The number of aryl methyl sites for hydroxylation is 1. The largest absolute Gasteiger partial charge is 0.497 e. The lowest BCUT2D eigenvalue weighted by Gasteiger charge is -2.30. The molecule has 5 nitrogen and oxygen atoms in total. The third-order valence-electron chi connectivity index (χ3n) is 5.00. The van der Waals surface area contributed by atoms with E-state index in [1.165, 1.54) is 11.1 Å². The van der Waals surface area contributed by atoms with Gasteiger partial charge in [-0.1, -0.05) is 55.8 Å². The van der Waals surface area contributed by atoms with Crippen LogP contribution < -0.4 is 10.1 Å². The minimum atomic E-state index is -0.496. The Morgan fingerprint density at radius 1 is 1.10 bits per heavy atom. The molecule has 168 valence electrons. The Bertz CT molecular complexity index is 856. The molecule has 0 aliphatic heterocycles. The Labute approximate surface area is 190 Å². The molecule has 0 aliphatic rings. The molecule has 0 heterocycles. The number of hydrogen-bond donors (Lipinski definition) is 1. The number of benzene rings is 2. The predicted molar refractivity (Wildman–Crippen MR) is 128 cm³/mol. The molecule has 6 heteroatoms. The second kappa shape index (κ2) is 13.1. The lowest BCUT2D eigenvalue weighted by atomic mass is 10.1. The highest BCUT2D eigenvalue weighted by atomic mass is 32.2. The summed E-state index contributed by atoms with van der Waals surface area (Å²) in [6.07, 6.45) is 1.42. The summed E-state index contributed by atoms with van der Waals surface area (Å²) in [6, 6.07) is 15.5. The second-order valence-electron chi connectivity index (χ2n) is 7.57. The molecule has 0 radical (unpaired) electrons. The van der Waals surface area contributed by atoms with E-state index >= 15 is 0 Å². The molecule has 1 atom stereocenters. The van der Waals surface area contributed by atoms with Crippen molar-refractivity contribution in [2.24, 2.45) is 0 Å². The van der Waals surface area contributed by atoms with Gasteiger partial charge in [0.1, 0.15) is 11.8 Å². The van der Waals surface area contributed by atoms with Gasteiger partial charge in [-0.25, -0.2) is 0 Å². The lowest BCUT2D eigenvalue weighted by Crippen LogP contribution is -2.49. The lowest BCUT2D eigenvalue weighted by molar-refractivity contribution is -0.139. The van der Waals surface area contributed by atoms with E-state index in [0.29, 0.717) is 25.3 Å². The van der Waals surface area contributed by atoms with Crippen molar-refractivity contribution in [2.45, 2.75) is 52.0 Å². The second-order valence-corrected chi connectivity index (χ2v) is 8.56. The molecule has 0 saturated heterocycles. The fraction of sp³-hybridized carbons (Fsp3) is 0.440. The Morgan fingerprint density at radius 2 is 1.84 bits per heavy atom. The molecule has 2 rings (SSSR count). The first kappa shape index (κ1) is 24.8. The van der Waals surface area contributed by atoms with Gasteiger partial charge in [0.15, 0.2) is 0 Å². The van der Waals surface area contributed by atoms with Gasteiger partial charge in [-0.05, 0) is 43.0 Å². The topological polar surface area (TPSA) is 58.6 Å². The summed E-state index contributed by atoms with van der Waals surface area (Å²) in [5, 5.41) is 2.95. The van der Waals surface area contributed by atoms with Gasteiger partial charge in [-0.3, -0.25) is 9.59 Å². The smallest absolute Gasteiger partial charge is 0.242 e. The van der Waals surface area contributed by atoms with Crippen molar-refractivity contribution in [1.29, 1.82) is 0 Å². The van der Waals surface area contributed by atoms with Gasteiger partial charge < -0.3 is 15.0 Å². The first-order valence-corrected chi connectivity index (χ1v) is 12.0. The van der Waals surface area contributed by atoms with Crippen molar-refractivity contribution >= 4 is 23.6 Å². The van der Waals surface area contributed by atoms with E-state index < -0.39 is 6.04 Å². The zero-order valence-electron chi connectivity index (χ0n) is 19.0. The molecule has 2 aromatic carbocycles. The zero-order chi connectivity index (χ0) is 22.6. The number of thioether (sulfide) groups is 1. The molecule has 0 spiro atoms. The van der Waals surface area contributed by atoms with Crippen molar-refractivity contribution in [2.75, 3.05) is 19.4 Å². The number of carbonyl (C=O) groups is 2. The van der Waals surface area contributed by atoms with Crippen LogP contribution in [0, 0.1) is 6.92 Å². The summed E-state index contributed by atoms with van der Waals surface area (Å²) < 4.78 is 5.32. The number of carbonyl (C=O) groups excluding carboxylic acids is 2. The van der Waals surface area contributed by atoms with Crippen molar-refractivity contribution in [3.8, 4) is 5.75 Å². The van der Waals surface area contributed by atoms with E-state index in [0.717, 1.165) is 23.5 Å². The van der Waals surface area contributed by atoms with Crippen molar-refractivity contribution in [3.63, 3.8) is 0 Å². The van der Waals surface area contributed by atoms with Gasteiger partial charge >= 0.3 is 0 Å². The fourth-order valence-electron chi connectivity index (χ4n) is 3.39. The Morgan fingerprint density at radius 3 is 2.52 bits per heavy atom. The fourth-order valence-corrected chi connectivity index (χ4v) is 4.25. The highest BCUT2D eigenvalue weighted by Crippen LogP contribution is 2.20. The van der Waals surface area contributed by atoms with Crippen LogP contribution in [0.2, 0.25) is 0 Å². The maximum absolute atomic E-state index is 13.2. The molecule has 0 saturated carbocycles. The van der Waals surface area contributed by atoms with E-state index in [4.69, 9.17) is 4.74 Å². The molecule has 1 N–H and O–H groups in total. The van der Waals surface area contributed by atoms with E-state index in [1.54, 1.807) is 23.8 Å². The minimum absolute atomic E-state index is 0.0287. The maximum Gasteiger partial charge on any atom is 0.242 e. The average molecular weight is 443 g/mol. The van der Waals surface area contributed by atoms with Crippen LogP contribution in [-0.2, 0) is 21.9 Å². The molecular formula is C25H34N2O3S. The van der Waals surface area contributed by atoms with Crippen LogP contribution in [0.1, 0.15) is 43.4 Å². The van der Waals surface area contributed by atoms with Crippen LogP contribution in [0.25, 0.3) is 0 Å². The third kappa shape index (κ3) is 7.94. The molecule has 2 aromatic rings. The Balaban J connectivity index is 2.13. The highest BCUT2D eigenvalue weighted by molar-refractivity contribution is 7.99. The van der Waals surface area contributed by atoms with Gasteiger partial charge in [0.2, 0.25) is 11.8 Å². The molecule has 2 amide bonds. The normalized spacial score (nSPS) is 11.6. The molecule has 0 aromatic heterocycles. The maximum atomic E-state index is 13.2.